The van der Waals surface area contributed by atoms with Gasteiger partial charge >= 0.3 is 0 Å². The number of benzene rings is 3. The van der Waals surface area contributed by atoms with Gasteiger partial charge in [-0.15, -0.1) is 0 Å². The number of fused-ring (bicyclic) bond motifs is 1. The molecule has 4 rings (SSSR count). The molecule has 0 fully saturated rings. The molecule has 1 heterocycles. The lowest BCUT2D eigenvalue weighted by atomic mass is 10.1. The van der Waals surface area contributed by atoms with Crippen LogP contribution in [-0.2, 0) is 9.59 Å². The fourth-order valence-corrected chi connectivity index (χ4v) is 4.71. The number of thioether (sulfide) groups is 1. The van der Waals surface area contributed by atoms with Crippen LogP contribution in [0.15, 0.2) is 82.7 Å². The number of rotatable bonds is 8. The Morgan fingerprint density at radius 3 is 2.43 bits per heavy atom. The quantitative estimate of drug-likeness (QED) is 0.300. The molecule has 0 saturated heterocycles. The molecule has 2 amide bonds. The molecule has 178 valence electrons. The summed E-state index contributed by atoms with van der Waals surface area (Å²) in [7, 11) is 0. The molecule has 0 unspecified atom stereocenters. The molecule has 0 atom stereocenters. The molecule has 0 aliphatic carbocycles. The van der Waals surface area contributed by atoms with E-state index in [9.17, 15) is 14.4 Å². The smallest absolute Gasteiger partial charge is 0.266 e. The number of primary amides is 1. The van der Waals surface area contributed by atoms with Gasteiger partial charge in [0.05, 0.1) is 22.3 Å². The van der Waals surface area contributed by atoms with Crippen molar-refractivity contribution in [2.45, 2.75) is 25.4 Å². The van der Waals surface area contributed by atoms with Crippen molar-refractivity contribution >= 4 is 40.2 Å². The molecule has 0 aliphatic rings. The fraction of sp³-hybridized carbons (Fsp3) is 0.185. The van der Waals surface area contributed by atoms with E-state index >= 15 is 0 Å². The lowest BCUT2D eigenvalue weighted by Gasteiger charge is -2.22. The number of nitrogens with two attached hydrogens (primary N) is 1. The normalized spacial score (nSPS) is 10.9. The number of aromatic nitrogens is 2. The highest BCUT2D eigenvalue weighted by Gasteiger charge is 2.20. The molecule has 0 radical (unpaired) electrons. The first-order valence-corrected chi connectivity index (χ1v) is 12.2. The highest BCUT2D eigenvalue weighted by molar-refractivity contribution is 7.99. The summed E-state index contributed by atoms with van der Waals surface area (Å²) in [4.78, 5) is 44.5. The maximum atomic E-state index is 13.6. The van der Waals surface area contributed by atoms with E-state index in [1.807, 2.05) is 74.5 Å². The van der Waals surface area contributed by atoms with Crippen molar-refractivity contribution in [2.24, 2.45) is 5.73 Å². The molecule has 1 aromatic heterocycles. The van der Waals surface area contributed by atoms with E-state index in [2.05, 4.69) is 0 Å². The predicted molar refractivity (Wildman–Crippen MR) is 140 cm³/mol. The molecule has 8 heteroatoms. The molecule has 0 spiro atoms. The molecule has 0 saturated carbocycles. The Hall–Kier alpha value is -3.91. The van der Waals surface area contributed by atoms with Crippen LogP contribution in [0.5, 0.6) is 0 Å². The minimum Gasteiger partial charge on any atom is -0.370 e. The summed E-state index contributed by atoms with van der Waals surface area (Å²) in [5, 5.41) is 0.940. The monoisotopic (exact) mass is 486 g/mol. The summed E-state index contributed by atoms with van der Waals surface area (Å²) in [6, 6.07) is 22.1. The van der Waals surface area contributed by atoms with E-state index in [0.29, 0.717) is 21.7 Å². The number of aryl methyl sites for hydroxylation is 1. The second-order valence-corrected chi connectivity index (χ2v) is 9.10. The molecule has 0 bridgehead atoms. The average molecular weight is 487 g/mol. The van der Waals surface area contributed by atoms with Gasteiger partial charge in [0, 0.05) is 18.7 Å². The zero-order valence-electron chi connectivity index (χ0n) is 19.6. The molecular weight excluding hydrogens is 460 g/mol. The standard InChI is InChI=1S/C27H26N4O3S/c1-18-9-8-14-23(19(18)2)31-26(34)21-12-6-7-13-22(21)29-27(31)35-17-25(33)30(16-15-24(28)32)20-10-4-3-5-11-20/h3-14H,15-17H2,1-2H3,(H2,28,32). The van der Waals surface area contributed by atoms with Crippen LogP contribution in [0.3, 0.4) is 0 Å². The molecular formula is C27H26N4O3S. The molecule has 3 aromatic carbocycles. The minimum absolute atomic E-state index is 0.0311. The van der Waals surface area contributed by atoms with Gasteiger partial charge in [0.1, 0.15) is 0 Å². The number of anilines is 1. The summed E-state index contributed by atoms with van der Waals surface area (Å²) in [5.41, 5.74) is 9.15. The molecule has 4 aromatic rings. The minimum atomic E-state index is -0.480. The summed E-state index contributed by atoms with van der Waals surface area (Å²) in [6.45, 7) is 4.13. The maximum absolute atomic E-state index is 13.6. The first kappa shape index (κ1) is 24.2. The van der Waals surface area contributed by atoms with E-state index in [1.54, 1.807) is 21.6 Å². The van der Waals surface area contributed by atoms with E-state index < -0.39 is 5.91 Å². The van der Waals surface area contributed by atoms with Crippen LogP contribution in [-0.4, -0.2) is 33.7 Å². The van der Waals surface area contributed by atoms with Gasteiger partial charge in [-0.2, -0.15) is 0 Å². The Balaban J connectivity index is 1.73. The first-order valence-electron chi connectivity index (χ1n) is 11.2. The maximum Gasteiger partial charge on any atom is 0.266 e. The van der Waals surface area contributed by atoms with Crippen molar-refractivity contribution in [3.05, 3.63) is 94.3 Å². The molecule has 0 aliphatic heterocycles. The van der Waals surface area contributed by atoms with Crippen LogP contribution in [0, 0.1) is 13.8 Å². The summed E-state index contributed by atoms with van der Waals surface area (Å²) >= 11 is 1.20. The van der Waals surface area contributed by atoms with Gasteiger partial charge in [0.2, 0.25) is 11.8 Å². The Bertz CT molecular complexity index is 1450. The number of nitrogens with zero attached hydrogens (tertiary/aromatic N) is 3. The topological polar surface area (TPSA) is 98.3 Å². The molecule has 2 N–H and O–H groups in total. The van der Waals surface area contributed by atoms with Gasteiger partial charge in [-0.3, -0.25) is 19.0 Å². The SMILES string of the molecule is Cc1cccc(-n2c(SCC(=O)N(CCC(N)=O)c3ccccc3)nc3ccccc3c2=O)c1C. The summed E-state index contributed by atoms with van der Waals surface area (Å²) < 4.78 is 1.58. The van der Waals surface area contributed by atoms with Crippen LogP contribution in [0.4, 0.5) is 5.69 Å². The average Bonchev–Trinajstić information content (AvgIpc) is 2.85. The summed E-state index contributed by atoms with van der Waals surface area (Å²) in [5.74, 6) is -0.660. The van der Waals surface area contributed by atoms with Crippen molar-refractivity contribution in [2.75, 3.05) is 17.2 Å². The van der Waals surface area contributed by atoms with Gasteiger partial charge in [-0.25, -0.2) is 4.98 Å². The second-order valence-electron chi connectivity index (χ2n) is 8.16. The van der Waals surface area contributed by atoms with Crippen molar-refractivity contribution in [1.29, 1.82) is 0 Å². The number of hydrogen-bond donors (Lipinski definition) is 1. The third-order valence-electron chi connectivity index (χ3n) is 5.84. The predicted octanol–water partition coefficient (Wildman–Crippen LogP) is 4.00. The van der Waals surface area contributed by atoms with Crippen molar-refractivity contribution in [3.8, 4) is 5.69 Å². The second kappa shape index (κ2) is 10.6. The highest BCUT2D eigenvalue weighted by atomic mass is 32.2. The Morgan fingerprint density at radius 2 is 1.69 bits per heavy atom. The van der Waals surface area contributed by atoms with E-state index in [-0.39, 0.29) is 30.2 Å². The Morgan fingerprint density at radius 1 is 0.971 bits per heavy atom. The van der Waals surface area contributed by atoms with Gasteiger partial charge in [0.15, 0.2) is 5.16 Å². The lowest BCUT2D eigenvalue weighted by Crippen LogP contribution is -2.35. The Labute approximate surface area is 207 Å². The van der Waals surface area contributed by atoms with Crippen LogP contribution >= 0.6 is 11.8 Å². The third kappa shape index (κ3) is 5.27. The van der Waals surface area contributed by atoms with Gasteiger partial charge in [-0.05, 0) is 55.3 Å². The largest absolute Gasteiger partial charge is 0.370 e. The van der Waals surface area contributed by atoms with E-state index in [4.69, 9.17) is 10.7 Å². The van der Waals surface area contributed by atoms with Gasteiger partial charge < -0.3 is 10.6 Å². The van der Waals surface area contributed by atoms with Crippen LogP contribution < -0.4 is 16.2 Å². The number of para-hydroxylation sites is 2. The summed E-state index contributed by atoms with van der Waals surface area (Å²) in [6.07, 6.45) is 0.0483. The Kier molecular flexibility index (Phi) is 7.31. The number of carbonyl (C=O) groups excluding carboxylic acids is 2. The van der Waals surface area contributed by atoms with Crippen molar-refractivity contribution in [1.82, 2.24) is 9.55 Å². The van der Waals surface area contributed by atoms with E-state index in [0.717, 1.165) is 16.8 Å². The lowest BCUT2D eigenvalue weighted by molar-refractivity contribution is -0.118. The zero-order valence-corrected chi connectivity index (χ0v) is 20.4. The number of hydrogen-bond acceptors (Lipinski definition) is 5. The van der Waals surface area contributed by atoms with Crippen molar-refractivity contribution < 1.29 is 9.59 Å². The first-order chi connectivity index (χ1) is 16.9. The number of amides is 2. The van der Waals surface area contributed by atoms with E-state index in [1.165, 1.54) is 11.8 Å². The van der Waals surface area contributed by atoms with Crippen LogP contribution in [0.2, 0.25) is 0 Å². The fourth-order valence-electron chi connectivity index (χ4n) is 3.83. The highest BCUT2D eigenvalue weighted by Crippen LogP contribution is 2.25. The van der Waals surface area contributed by atoms with Crippen LogP contribution in [0.25, 0.3) is 16.6 Å². The van der Waals surface area contributed by atoms with Crippen molar-refractivity contribution in [3.63, 3.8) is 0 Å². The number of carbonyl (C=O) groups is 2. The molecule has 7 nitrogen and oxygen atoms in total. The molecule has 35 heavy (non-hydrogen) atoms. The third-order valence-corrected chi connectivity index (χ3v) is 6.76. The van der Waals surface area contributed by atoms with Gasteiger partial charge in [0.25, 0.3) is 5.56 Å². The van der Waals surface area contributed by atoms with Gasteiger partial charge in [-0.1, -0.05) is 54.2 Å². The zero-order chi connectivity index (χ0) is 24.9. The van der Waals surface area contributed by atoms with Crippen LogP contribution in [0.1, 0.15) is 17.5 Å².